The van der Waals surface area contributed by atoms with Gasteiger partial charge in [-0.1, -0.05) is 6.42 Å². The molecule has 2 atom stereocenters. The zero-order chi connectivity index (χ0) is 13.1. The molecule has 1 aliphatic rings. The lowest BCUT2D eigenvalue weighted by atomic mass is 9.82. The van der Waals surface area contributed by atoms with E-state index in [0.717, 1.165) is 12.8 Å². The fraction of sp³-hybridized carbons (Fsp3) is 0.462. The number of benzene rings is 1. The number of nitro benzene ring substituents is 1. The van der Waals surface area contributed by atoms with E-state index in [2.05, 4.69) is 0 Å². The van der Waals surface area contributed by atoms with Gasteiger partial charge in [-0.05, 0) is 30.5 Å². The van der Waals surface area contributed by atoms with E-state index in [4.69, 9.17) is 0 Å². The maximum absolute atomic E-state index is 11.7. The lowest BCUT2D eigenvalue weighted by Crippen LogP contribution is -2.25. The maximum atomic E-state index is 11.7. The Morgan fingerprint density at radius 2 is 1.94 bits per heavy atom. The van der Waals surface area contributed by atoms with Crippen molar-refractivity contribution < 1.29 is 14.8 Å². The van der Waals surface area contributed by atoms with Crippen LogP contribution in [0.25, 0.3) is 0 Å². The first-order valence-corrected chi connectivity index (χ1v) is 6.04. The van der Waals surface area contributed by atoms with Gasteiger partial charge in [0, 0.05) is 24.5 Å². The summed E-state index contributed by atoms with van der Waals surface area (Å²) in [4.78, 5) is 21.8. The van der Waals surface area contributed by atoms with E-state index in [9.17, 15) is 20.0 Å². The summed E-state index contributed by atoms with van der Waals surface area (Å²) in [6.45, 7) is 0. The SMILES string of the molecule is O=C1CCCC[C@@H]1[C@@H](O)c1ccc([N+](=O)[O-])cc1. The van der Waals surface area contributed by atoms with Crippen molar-refractivity contribution in [2.75, 3.05) is 0 Å². The smallest absolute Gasteiger partial charge is 0.269 e. The Bertz CT molecular complexity index is 455. The van der Waals surface area contributed by atoms with Crippen molar-refractivity contribution in [1.82, 2.24) is 0 Å². The summed E-state index contributed by atoms with van der Waals surface area (Å²) in [7, 11) is 0. The van der Waals surface area contributed by atoms with Crippen molar-refractivity contribution in [2.45, 2.75) is 31.8 Å². The number of carbonyl (C=O) groups excluding carboxylic acids is 1. The van der Waals surface area contributed by atoms with Gasteiger partial charge in [0.2, 0.25) is 0 Å². The van der Waals surface area contributed by atoms with E-state index in [0.29, 0.717) is 18.4 Å². The molecule has 0 bridgehead atoms. The molecule has 0 unspecified atom stereocenters. The van der Waals surface area contributed by atoms with E-state index in [-0.39, 0.29) is 17.4 Å². The number of Topliss-reactive ketones (excluding diaryl/α,β-unsaturated/α-hetero) is 1. The van der Waals surface area contributed by atoms with Crippen LogP contribution in [-0.2, 0) is 4.79 Å². The van der Waals surface area contributed by atoms with Crippen molar-refractivity contribution in [2.24, 2.45) is 5.92 Å². The van der Waals surface area contributed by atoms with Crippen LogP contribution in [-0.4, -0.2) is 15.8 Å². The van der Waals surface area contributed by atoms with Gasteiger partial charge in [-0.2, -0.15) is 0 Å². The second-order valence-corrected chi connectivity index (χ2v) is 4.61. The number of hydrogen-bond donors (Lipinski definition) is 1. The van der Waals surface area contributed by atoms with Gasteiger partial charge in [0.1, 0.15) is 5.78 Å². The number of ketones is 1. The van der Waals surface area contributed by atoms with Gasteiger partial charge >= 0.3 is 0 Å². The van der Waals surface area contributed by atoms with Gasteiger partial charge in [0.25, 0.3) is 5.69 Å². The molecule has 5 heteroatoms. The first-order valence-electron chi connectivity index (χ1n) is 6.04. The summed E-state index contributed by atoms with van der Waals surface area (Å²) < 4.78 is 0. The summed E-state index contributed by atoms with van der Waals surface area (Å²) in [5.41, 5.74) is 0.557. The monoisotopic (exact) mass is 249 g/mol. The van der Waals surface area contributed by atoms with E-state index < -0.39 is 11.0 Å². The lowest BCUT2D eigenvalue weighted by molar-refractivity contribution is -0.384. The molecule has 0 heterocycles. The average Bonchev–Trinajstić information content (AvgIpc) is 2.38. The molecule has 0 spiro atoms. The number of nitrogens with zero attached hydrogens (tertiary/aromatic N) is 1. The van der Waals surface area contributed by atoms with Crippen LogP contribution in [0.5, 0.6) is 0 Å². The molecule has 1 fully saturated rings. The van der Waals surface area contributed by atoms with Crippen molar-refractivity contribution in [3.8, 4) is 0 Å². The molecule has 0 aliphatic heterocycles. The molecule has 1 aliphatic carbocycles. The number of nitro groups is 1. The average molecular weight is 249 g/mol. The van der Waals surface area contributed by atoms with E-state index in [1.54, 1.807) is 0 Å². The van der Waals surface area contributed by atoms with Gasteiger partial charge in [-0.15, -0.1) is 0 Å². The predicted molar refractivity (Wildman–Crippen MR) is 65.0 cm³/mol. The highest BCUT2D eigenvalue weighted by Gasteiger charge is 2.30. The van der Waals surface area contributed by atoms with Gasteiger partial charge in [-0.3, -0.25) is 14.9 Å². The van der Waals surface area contributed by atoms with Crippen LogP contribution < -0.4 is 0 Å². The van der Waals surface area contributed by atoms with Crippen molar-refractivity contribution in [3.05, 3.63) is 39.9 Å². The standard InChI is InChI=1S/C13H15NO4/c15-12-4-2-1-3-11(12)13(16)9-5-7-10(8-6-9)14(17)18/h5-8,11,13,16H,1-4H2/t11-,13-/m0/s1. The Labute approximate surface area is 105 Å². The third kappa shape index (κ3) is 2.56. The van der Waals surface area contributed by atoms with Crippen LogP contribution in [0.3, 0.4) is 0 Å². The number of hydrogen-bond acceptors (Lipinski definition) is 4. The minimum Gasteiger partial charge on any atom is -0.388 e. The third-order valence-electron chi connectivity index (χ3n) is 3.43. The van der Waals surface area contributed by atoms with Crippen LogP contribution in [0.1, 0.15) is 37.4 Å². The summed E-state index contributed by atoms with van der Waals surface area (Å²) in [6.07, 6.45) is 2.20. The fourth-order valence-electron chi connectivity index (χ4n) is 2.37. The molecule has 2 rings (SSSR count). The molecule has 18 heavy (non-hydrogen) atoms. The minimum atomic E-state index is -0.849. The number of non-ortho nitro benzene ring substituents is 1. The first-order chi connectivity index (χ1) is 8.59. The fourth-order valence-corrected chi connectivity index (χ4v) is 2.37. The molecular weight excluding hydrogens is 234 g/mol. The molecule has 1 aromatic carbocycles. The first kappa shape index (κ1) is 12.7. The topological polar surface area (TPSA) is 80.4 Å². The summed E-state index contributed by atoms with van der Waals surface area (Å²) in [5, 5.41) is 20.7. The Morgan fingerprint density at radius 3 is 2.50 bits per heavy atom. The Balaban J connectivity index is 2.15. The zero-order valence-electron chi connectivity index (χ0n) is 9.91. The van der Waals surface area contributed by atoms with Gasteiger partial charge in [0.15, 0.2) is 0 Å². The quantitative estimate of drug-likeness (QED) is 0.658. The molecule has 0 radical (unpaired) electrons. The number of rotatable bonds is 3. The Hall–Kier alpha value is -1.75. The molecule has 0 aromatic heterocycles. The predicted octanol–water partition coefficient (Wildman–Crippen LogP) is 2.39. The van der Waals surface area contributed by atoms with E-state index >= 15 is 0 Å². The summed E-state index contributed by atoms with van der Waals surface area (Å²) >= 11 is 0. The van der Waals surface area contributed by atoms with E-state index in [1.165, 1.54) is 24.3 Å². The van der Waals surface area contributed by atoms with Gasteiger partial charge < -0.3 is 5.11 Å². The zero-order valence-corrected chi connectivity index (χ0v) is 9.91. The second kappa shape index (κ2) is 5.27. The van der Waals surface area contributed by atoms with Crippen molar-refractivity contribution >= 4 is 11.5 Å². The van der Waals surface area contributed by atoms with Crippen LogP contribution in [0.4, 0.5) is 5.69 Å². The van der Waals surface area contributed by atoms with Gasteiger partial charge in [0.05, 0.1) is 11.0 Å². The van der Waals surface area contributed by atoms with Crippen molar-refractivity contribution in [3.63, 3.8) is 0 Å². The third-order valence-corrected chi connectivity index (χ3v) is 3.43. The highest BCUT2D eigenvalue weighted by molar-refractivity contribution is 5.82. The molecule has 0 saturated heterocycles. The molecular formula is C13H15NO4. The molecule has 5 nitrogen and oxygen atoms in total. The largest absolute Gasteiger partial charge is 0.388 e. The summed E-state index contributed by atoms with van der Waals surface area (Å²) in [6, 6.07) is 5.74. The summed E-state index contributed by atoms with van der Waals surface area (Å²) in [5.74, 6) is -0.271. The van der Waals surface area contributed by atoms with Crippen molar-refractivity contribution in [1.29, 1.82) is 0 Å². The Kier molecular flexibility index (Phi) is 3.72. The highest BCUT2D eigenvalue weighted by Crippen LogP contribution is 2.32. The molecule has 1 N–H and O–H groups in total. The number of carbonyl (C=O) groups is 1. The second-order valence-electron chi connectivity index (χ2n) is 4.61. The molecule has 1 aromatic rings. The number of aliphatic hydroxyl groups is 1. The molecule has 1 saturated carbocycles. The van der Waals surface area contributed by atoms with Crippen LogP contribution in [0.15, 0.2) is 24.3 Å². The molecule has 96 valence electrons. The molecule has 0 amide bonds. The lowest BCUT2D eigenvalue weighted by Gasteiger charge is -2.25. The number of aliphatic hydroxyl groups excluding tert-OH is 1. The Morgan fingerprint density at radius 1 is 1.28 bits per heavy atom. The highest BCUT2D eigenvalue weighted by atomic mass is 16.6. The van der Waals surface area contributed by atoms with Gasteiger partial charge in [-0.25, -0.2) is 0 Å². The van der Waals surface area contributed by atoms with Crippen LogP contribution >= 0.6 is 0 Å². The van der Waals surface area contributed by atoms with Crippen LogP contribution in [0, 0.1) is 16.0 Å². The van der Waals surface area contributed by atoms with Crippen LogP contribution in [0.2, 0.25) is 0 Å². The minimum absolute atomic E-state index is 0.0130. The maximum Gasteiger partial charge on any atom is 0.269 e. The van der Waals surface area contributed by atoms with E-state index in [1.807, 2.05) is 0 Å². The normalized spacial score (nSPS) is 21.6.